The summed E-state index contributed by atoms with van der Waals surface area (Å²) in [5.74, 6) is -0.911. The normalized spacial score (nSPS) is 19.5. The van der Waals surface area contributed by atoms with Gasteiger partial charge in [-0.25, -0.2) is 14.0 Å². The number of rotatable bonds is 14. The lowest BCUT2D eigenvalue weighted by Crippen LogP contribution is -2.53. The Morgan fingerprint density at radius 2 is 1.65 bits per heavy atom. The van der Waals surface area contributed by atoms with E-state index in [0.717, 1.165) is 51.2 Å². The molecule has 1 aromatic heterocycles. The number of pyridine rings is 1. The summed E-state index contributed by atoms with van der Waals surface area (Å²) in [7, 11) is 0. The molecule has 0 radical (unpaired) electrons. The number of halogens is 5. The molecule has 3 saturated heterocycles. The number of alkyl halides is 2. The van der Waals surface area contributed by atoms with Gasteiger partial charge in [0.25, 0.3) is 0 Å². The number of esters is 1. The van der Waals surface area contributed by atoms with Crippen LogP contribution >= 0.6 is 23.2 Å². The van der Waals surface area contributed by atoms with Crippen LogP contribution in [0.4, 0.5) is 23.7 Å². The molecule has 2 atom stereocenters. The lowest BCUT2D eigenvalue weighted by Gasteiger charge is -2.44. The molecule has 3 aromatic carbocycles. The standard InChI is InChI=1S/C40H38Cl2F3N3O7/c41-30-20-47(51)21-31(42)29(30)18-35(28-11-12-34(54-39(44)45)36(17-28)52-23-25-5-6-25)53-38(49)27-9-7-24(8-10-27)19-48(33-4-2-1-3-32(33)43)40(50)55-37-22-46-15-13-26(37)14-16-46/h1-4,7-12,17,20-21,25-26,35,37,39H,5-6,13-16,18-19,22-23H2/t35-,37-/m0/s1. The highest BCUT2D eigenvalue weighted by Crippen LogP contribution is 2.38. The summed E-state index contributed by atoms with van der Waals surface area (Å²) in [4.78, 5) is 30.9. The summed E-state index contributed by atoms with van der Waals surface area (Å²) >= 11 is 12.8. The zero-order valence-electron chi connectivity index (χ0n) is 29.6. The van der Waals surface area contributed by atoms with E-state index in [0.29, 0.717) is 40.5 Å². The summed E-state index contributed by atoms with van der Waals surface area (Å²) in [6.07, 6.45) is 3.91. The predicted octanol–water partition coefficient (Wildman–Crippen LogP) is 8.53. The number of fused-ring (bicyclic) bond motifs is 3. The van der Waals surface area contributed by atoms with Crippen LogP contribution in [0.2, 0.25) is 10.0 Å². The number of benzene rings is 3. The first-order valence-corrected chi connectivity index (χ1v) is 18.8. The minimum atomic E-state index is -3.10. The molecule has 4 aromatic rings. The third kappa shape index (κ3) is 9.57. The lowest BCUT2D eigenvalue weighted by molar-refractivity contribution is -0.605. The second kappa shape index (κ2) is 17.0. The van der Waals surface area contributed by atoms with Crippen molar-refractivity contribution in [2.45, 2.75) is 57.5 Å². The number of piperidine rings is 3. The maximum atomic E-state index is 15.1. The van der Waals surface area contributed by atoms with E-state index in [9.17, 15) is 23.6 Å². The van der Waals surface area contributed by atoms with E-state index < -0.39 is 30.6 Å². The summed E-state index contributed by atoms with van der Waals surface area (Å²) in [5, 5.41) is 12.0. The number of hydrogen-bond donors (Lipinski definition) is 0. The molecule has 15 heteroatoms. The Morgan fingerprint density at radius 1 is 0.945 bits per heavy atom. The smallest absolute Gasteiger partial charge is 0.415 e. The van der Waals surface area contributed by atoms with Crippen LogP contribution in [0.3, 0.4) is 0 Å². The second-order valence-electron chi connectivity index (χ2n) is 14.0. The van der Waals surface area contributed by atoms with E-state index in [1.165, 1.54) is 53.4 Å². The average Bonchev–Trinajstić information content (AvgIpc) is 4.00. The van der Waals surface area contributed by atoms with Crippen LogP contribution in [0.25, 0.3) is 0 Å². The molecule has 0 unspecified atom stereocenters. The Hall–Kier alpha value is -4.72. The Kier molecular flexibility index (Phi) is 11.9. The van der Waals surface area contributed by atoms with Crippen molar-refractivity contribution in [2.24, 2.45) is 11.8 Å². The molecular weight excluding hydrogens is 762 g/mol. The Morgan fingerprint density at radius 3 is 2.29 bits per heavy atom. The average molecular weight is 801 g/mol. The number of amides is 1. The van der Waals surface area contributed by atoms with Gasteiger partial charge in [0.15, 0.2) is 23.9 Å². The molecule has 8 rings (SSSR count). The number of hydrogen-bond acceptors (Lipinski definition) is 8. The molecule has 1 saturated carbocycles. The third-order valence-corrected chi connectivity index (χ3v) is 10.8. The number of anilines is 1. The number of carbonyl (C=O) groups excluding carboxylic acids is 2. The molecule has 2 bridgehead atoms. The topological polar surface area (TPSA) is 104 Å². The number of para-hydroxylation sites is 1. The molecule has 290 valence electrons. The maximum Gasteiger partial charge on any atom is 0.415 e. The molecule has 1 aliphatic carbocycles. The largest absolute Gasteiger partial charge is 0.619 e. The predicted molar refractivity (Wildman–Crippen MR) is 197 cm³/mol. The number of aromatic nitrogens is 1. The van der Waals surface area contributed by atoms with Crippen molar-refractivity contribution in [1.29, 1.82) is 0 Å². The fraction of sp³-hybridized carbons (Fsp3) is 0.375. The first-order chi connectivity index (χ1) is 26.5. The molecule has 4 heterocycles. The fourth-order valence-corrected chi connectivity index (χ4v) is 7.54. The molecular formula is C40H38Cl2F3N3O7. The minimum Gasteiger partial charge on any atom is -0.619 e. The highest BCUT2D eigenvalue weighted by Gasteiger charge is 2.38. The molecule has 55 heavy (non-hydrogen) atoms. The van der Waals surface area contributed by atoms with Crippen LogP contribution in [0, 0.1) is 22.9 Å². The van der Waals surface area contributed by atoms with E-state index in [4.69, 9.17) is 37.4 Å². The van der Waals surface area contributed by atoms with Crippen LogP contribution in [-0.2, 0) is 22.4 Å². The van der Waals surface area contributed by atoms with E-state index in [2.05, 4.69) is 9.64 Å². The van der Waals surface area contributed by atoms with Crippen molar-refractivity contribution in [2.75, 3.05) is 31.1 Å². The van der Waals surface area contributed by atoms with Crippen molar-refractivity contribution in [3.63, 3.8) is 0 Å². The van der Waals surface area contributed by atoms with Gasteiger partial charge in [-0.3, -0.25) is 9.80 Å². The quantitative estimate of drug-likeness (QED) is 0.0711. The lowest BCUT2D eigenvalue weighted by atomic mass is 9.86. The highest BCUT2D eigenvalue weighted by atomic mass is 35.5. The first kappa shape index (κ1) is 38.6. The van der Waals surface area contributed by atoms with Crippen LogP contribution in [0.1, 0.15) is 58.8 Å². The van der Waals surface area contributed by atoms with E-state index in [-0.39, 0.29) is 57.8 Å². The van der Waals surface area contributed by atoms with Gasteiger partial charge in [0, 0.05) is 18.5 Å². The Bertz CT molecular complexity index is 1990. The molecule has 1 amide bonds. The monoisotopic (exact) mass is 799 g/mol. The fourth-order valence-electron chi connectivity index (χ4n) is 6.94. The van der Waals surface area contributed by atoms with Gasteiger partial charge in [0.05, 0.1) is 24.4 Å². The summed E-state index contributed by atoms with van der Waals surface area (Å²) < 4.78 is 64.6. The van der Waals surface area contributed by atoms with Gasteiger partial charge in [-0.1, -0.05) is 53.5 Å². The van der Waals surface area contributed by atoms with Gasteiger partial charge >= 0.3 is 18.7 Å². The van der Waals surface area contributed by atoms with Crippen molar-refractivity contribution in [3.8, 4) is 11.5 Å². The molecule has 4 aliphatic rings. The molecule has 3 aliphatic heterocycles. The van der Waals surface area contributed by atoms with Gasteiger partial charge in [0.1, 0.15) is 28.1 Å². The number of carbonyl (C=O) groups is 2. The Labute approximate surface area is 325 Å². The summed E-state index contributed by atoms with van der Waals surface area (Å²) in [6.45, 7) is -0.257. The first-order valence-electron chi connectivity index (χ1n) is 18.0. The van der Waals surface area contributed by atoms with E-state index in [1.54, 1.807) is 18.2 Å². The zero-order chi connectivity index (χ0) is 38.6. The zero-order valence-corrected chi connectivity index (χ0v) is 31.1. The van der Waals surface area contributed by atoms with Gasteiger partial charge < -0.3 is 24.2 Å². The van der Waals surface area contributed by atoms with Gasteiger partial charge in [0.2, 0.25) is 0 Å². The van der Waals surface area contributed by atoms with Crippen LogP contribution in [0.15, 0.2) is 79.1 Å². The number of ether oxygens (including phenoxy) is 4. The van der Waals surface area contributed by atoms with E-state index in [1.807, 2.05) is 0 Å². The van der Waals surface area contributed by atoms with E-state index >= 15 is 4.39 Å². The second-order valence-corrected chi connectivity index (χ2v) is 14.8. The van der Waals surface area contributed by atoms with Gasteiger partial charge in [-0.15, -0.1) is 0 Å². The van der Waals surface area contributed by atoms with Crippen molar-refractivity contribution in [1.82, 2.24) is 4.90 Å². The molecule has 10 nitrogen and oxygen atoms in total. The van der Waals surface area contributed by atoms with Crippen molar-refractivity contribution >= 4 is 41.0 Å². The van der Waals surface area contributed by atoms with Crippen LogP contribution < -0.4 is 19.1 Å². The van der Waals surface area contributed by atoms with Crippen LogP contribution in [-0.4, -0.2) is 55.9 Å². The summed E-state index contributed by atoms with van der Waals surface area (Å²) in [5.41, 5.74) is 1.47. The van der Waals surface area contributed by atoms with Gasteiger partial charge in [-0.2, -0.15) is 13.5 Å². The Balaban J connectivity index is 1.12. The van der Waals surface area contributed by atoms with Crippen molar-refractivity contribution < 1.29 is 46.4 Å². The van der Waals surface area contributed by atoms with Crippen LogP contribution in [0.5, 0.6) is 11.5 Å². The third-order valence-electron chi connectivity index (χ3n) is 10.2. The highest BCUT2D eigenvalue weighted by molar-refractivity contribution is 6.35. The molecule has 4 fully saturated rings. The molecule has 0 spiro atoms. The summed E-state index contributed by atoms with van der Waals surface area (Å²) in [6, 6.07) is 16.5. The maximum absolute atomic E-state index is 15.1. The van der Waals surface area contributed by atoms with Gasteiger partial charge in [-0.05, 0) is 98.1 Å². The van der Waals surface area contributed by atoms with Crippen molar-refractivity contribution in [3.05, 3.63) is 122 Å². The molecule has 0 N–H and O–H groups in total. The minimum absolute atomic E-state index is 0.0298. The SMILES string of the molecule is O=C(O[C@@H](Cc1c(Cl)c[n+]([O-])cc1Cl)c1ccc(OC(F)F)c(OCC2CC2)c1)c1ccc(CN(C(=O)O[C@H]2CN3CCC2CC3)c2ccccc2F)cc1. The number of nitrogens with zero attached hydrogens (tertiary/aromatic N) is 3.